The van der Waals surface area contributed by atoms with Crippen LogP contribution in [0.3, 0.4) is 0 Å². The summed E-state index contributed by atoms with van der Waals surface area (Å²) >= 11 is 2.97. The zero-order chi connectivity index (χ0) is 15.8. The second kappa shape index (κ2) is 9.52. The normalized spacial score (nSPS) is 24.7. The van der Waals surface area contributed by atoms with Crippen LogP contribution in [-0.2, 0) is 14.3 Å². The highest BCUT2D eigenvalue weighted by molar-refractivity contribution is 7.99. The van der Waals surface area contributed by atoms with E-state index < -0.39 is 24.0 Å². The van der Waals surface area contributed by atoms with Gasteiger partial charge < -0.3 is 26.4 Å². The lowest BCUT2D eigenvalue weighted by atomic mass is 10.2. The van der Waals surface area contributed by atoms with Gasteiger partial charge in [0.25, 0.3) is 0 Å². The van der Waals surface area contributed by atoms with Gasteiger partial charge in [0.05, 0.1) is 12.2 Å². The smallest absolute Gasteiger partial charge is 0.321 e. The number of thioether (sulfide) groups is 2. The van der Waals surface area contributed by atoms with Crippen molar-refractivity contribution >= 4 is 35.5 Å². The van der Waals surface area contributed by atoms with Crippen LogP contribution in [0.15, 0.2) is 0 Å². The molecule has 0 spiro atoms. The average molecular weight is 338 g/mol. The minimum atomic E-state index is -0.987. The molecule has 21 heavy (non-hydrogen) atoms. The Hall–Kier alpha value is -0.480. The molecule has 0 saturated carbocycles. The van der Waals surface area contributed by atoms with E-state index in [2.05, 4.69) is 0 Å². The lowest BCUT2D eigenvalue weighted by Gasteiger charge is -2.14. The molecule has 0 aromatic rings. The summed E-state index contributed by atoms with van der Waals surface area (Å²) in [6.07, 6.45) is 2.11. The Morgan fingerprint density at radius 3 is 1.71 bits per heavy atom. The van der Waals surface area contributed by atoms with Crippen molar-refractivity contribution < 1.29 is 24.5 Å². The van der Waals surface area contributed by atoms with Crippen molar-refractivity contribution in [1.82, 2.24) is 0 Å². The molecule has 0 bridgehead atoms. The summed E-state index contributed by atoms with van der Waals surface area (Å²) in [5, 5.41) is 17.3. The number of hydrogen-bond acceptors (Lipinski definition) is 7. The fourth-order valence-corrected chi connectivity index (χ4v) is 3.90. The van der Waals surface area contributed by atoms with E-state index in [1.165, 1.54) is 23.5 Å². The Bertz CT molecular complexity index is 327. The van der Waals surface area contributed by atoms with Gasteiger partial charge in [0.15, 0.2) is 0 Å². The maximum absolute atomic E-state index is 10.6. The zero-order valence-corrected chi connectivity index (χ0v) is 13.3. The number of carboxylic acids is 2. The van der Waals surface area contributed by atoms with Crippen molar-refractivity contribution in [2.75, 3.05) is 23.0 Å². The molecule has 0 aromatic heterocycles. The molecule has 0 aliphatic carbocycles. The van der Waals surface area contributed by atoms with Crippen molar-refractivity contribution in [1.29, 1.82) is 0 Å². The van der Waals surface area contributed by atoms with E-state index >= 15 is 0 Å². The summed E-state index contributed by atoms with van der Waals surface area (Å²) in [7, 11) is 0. The molecular formula is C12H22N2O5S2. The van der Waals surface area contributed by atoms with Crippen LogP contribution in [0, 0.1) is 0 Å². The van der Waals surface area contributed by atoms with Crippen LogP contribution >= 0.6 is 23.5 Å². The minimum Gasteiger partial charge on any atom is -0.480 e. The van der Waals surface area contributed by atoms with Crippen LogP contribution in [0.25, 0.3) is 0 Å². The zero-order valence-electron chi connectivity index (χ0n) is 11.6. The van der Waals surface area contributed by atoms with E-state index in [1.807, 2.05) is 0 Å². The first kappa shape index (κ1) is 18.6. The molecule has 4 atom stereocenters. The second-order valence-corrected chi connectivity index (χ2v) is 7.07. The lowest BCUT2D eigenvalue weighted by Crippen LogP contribution is -2.33. The standard InChI is InChI=1S/C12H22N2O5S2/c13-9(11(15)16)5-20-3-7-1-2-8(19-7)4-21-6-10(14)12(17)18/h7-10H,1-6,13-14H2,(H,15,16)(H,17,18)/t7-,8-,9-,10-/m0/s1. The van der Waals surface area contributed by atoms with Crippen LogP contribution in [0.5, 0.6) is 0 Å². The molecule has 122 valence electrons. The highest BCUT2D eigenvalue weighted by Gasteiger charge is 2.26. The van der Waals surface area contributed by atoms with E-state index in [0.717, 1.165) is 24.3 Å². The van der Waals surface area contributed by atoms with Gasteiger partial charge in [0.1, 0.15) is 12.1 Å². The molecule has 1 rings (SSSR count). The van der Waals surface area contributed by atoms with Gasteiger partial charge in [-0.05, 0) is 12.8 Å². The SMILES string of the molecule is N[C@@H](CSC[C@@H]1CC[C@@H](CSC[C@H](N)C(=O)O)O1)C(=O)O. The molecule has 1 saturated heterocycles. The summed E-state index contributed by atoms with van der Waals surface area (Å²) in [6.45, 7) is 0. The Morgan fingerprint density at radius 1 is 1.00 bits per heavy atom. The van der Waals surface area contributed by atoms with Gasteiger partial charge in [-0.2, -0.15) is 23.5 Å². The molecule has 9 heteroatoms. The number of carboxylic acid groups (broad SMARTS) is 2. The quantitative estimate of drug-likeness (QED) is 0.428. The first-order valence-corrected chi connectivity index (χ1v) is 8.98. The second-order valence-electron chi connectivity index (χ2n) is 4.92. The summed E-state index contributed by atoms with van der Waals surface area (Å²) < 4.78 is 5.83. The maximum Gasteiger partial charge on any atom is 0.321 e. The largest absolute Gasteiger partial charge is 0.480 e. The van der Waals surface area contributed by atoms with Gasteiger partial charge in [-0.15, -0.1) is 0 Å². The fourth-order valence-electron chi connectivity index (χ4n) is 1.82. The van der Waals surface area contributed by atoms with Gasteiger partial charge in [0, 0.05) is 23.0 Å². The molecule has 0 aromatic carbocycles. The average Bonchev–Trinajstić information content (AvgIpc) is 2.86. The van der Waals surface area contributed by atoms with E-state index in [4.69, 9.17) is 26.4 Å². The molecule has 0 radical (unpaired) electrons. The van der Waals surface area contributed by atoms with Crippen molar-refractivity contribution in [2.45, 2.75) is 37.1 Å². The minimum absolute atomic E-state index is 0.120. The van der Waals surface area contributed by atoms with Gasteiger partial charge in [-0.3, -0.25) is 9.59 Å². The van der Waals surface area contributed by atoms with E-state index in [1.54, 1.807) is 0 Å². The fraction of sp³-hybridized carbons (Fsp3) is 0.833. The summed E-state index contributed by atoms with van der Waals surface area (Å²) in [5.41, 5.74) is 10.8. The monoisotopic (exact) mass is 338 g/mol. The number of ether oxygens (including phenoxy) is 1. The Labute approximate surface area is 132 Å². The molecule has 6 N–H and O–H groups in total. The Morgan fingerprint density at radius 2 is 1.38 bits per heavy atom. The molecule has 1 fully saturated rings. The summed E-state index contributed by atoms with van der Waals surface area (Å²) in [5.74, 6) is 0.246. The topological polar surface area (TPSA) is 136 Å². The van der Waals surface area contributed by atoms with Gasteiger partial charge in [-0.25, -0.2) is 0 Å². The van der Waals surface area contributed by atoms with Crippen LogP contribution in [0.2, 0.25) is 0 Å². The van der Waals surface area contributed by atoms with Crippen LogP contribution in [0.1, 0.15) is 12.8 Å². The number of nitrogens with two attached hydrogens (primary N) is 2. The van der Waals surface area contributed by atoms with Gasteiger partial charge in [-0.1, -0.05) is 0 Å². The first-order chi connectivity index (χ1) is 9.90. The maximum atomic E-state index is 10.6. The molecule has 1 aliphatic rings. The number of hydrogen-bond donors (Lipinski definition) is 4. The third-order valence-electron chi connectivity index (χ3n) is 3.03. The van der Waals surface area contributed by atoms with Crippen LogP contribution in [-0.4, -0.2) is 69.5 Å². The van der Waals surface area contributed by atoms with Crippen molar-refractivity contribution in [3.63, 3.8) is 0 Å². The third kappa shape index (κ3) is 7.37. The predicted octanol–water partition coefficient (Wildman–Crippen LogP) is -0.176. The first-order valence-electron chi connectivity index (χ1n) is 6.68. The summed E-state index contributed by atoms with van der Waals surface area (Å²) in [6, 6.07) is -1.67. The summed E-state index contributed by atoms with van der Waals surface area (Å²) in [4.78, 5) is 21.2. The molecule has 1 heterocycles. The lowest BCUT2D eigenvalue weighted by molar-refractivity contribution is -0.138. The van der Waals surface area contributed by atoms with Crippen LogP contribution < -0.4 is 11.5 Å². The van der Waals surface area contributed by atoms with Crippen molar-refractivity contribution in [2.24, 2.45) is 11.5 Å². The Balaban J connectivity index is 2.09. The predicted molar refractivity (Wildman–Crippen MR) is 83.8 cm³/mol. The number of aliphatic carboxylic acids is 2. The van der Waals surface area contributed by atoms with E-state index in [9.17, 15) is 9.59 Å². The van der Waals surface area contributed by atoms with Gasteiger partial charge in [0.2, 0.25) is 0 Å². The number of carbonyl (C=O) groups is 2. The molecular weight excluding hydrogens is 316 g/mol. The van der Waals surface area contributed by atoms with E-state index in [0.29, 0.717) is 11.5 Å². The molecule has 0 unspecified atom stereocenters. The molecule has 7 nitrogen and oxygen atoms in total. The molecule has 1 aliphatic heterocycles. The Kier molecular flexibility index (Phi) is 8.42. The third-order valence-corrected chi connectivity index (χ3v) is 5.44. The van der Waals surface area contributed by atoms with Crippen molar-refractivity contribution in [3.05, 3.63) is 0 Å². The number of rotatable bonds is 10. The van der Waals surface area contributed by atoms with Gasteiger partial charge >= 0.3 is 11.9 Å². The highest BCUT2D eigenvalue weighted by atomic mass is 32.2. The van der Waals surface area contributed by atoms with Crippen LogP contribution in [0.4, 0.5) is 0 Å². The van der Waals surface area contributed by atoms with Crippen molar-refractivity contribution in [3.8, 4) is 0 Å². The highest BCUT2D eigenvalue weighted by Crippen LogP contribution is 2.25. The molecule has 0 amide bonds. The van der Waals surface area contributed by atoms with E-state index in [-0.39, 0.29) is 12.2 Å².